The Bertz CT molecular complexity index is 439. The maximum absolute atomic E-state index is 10.5. The lowest BCUT2D eigenvalue weighted by Gasteiger charge is -1.90. The van der Waals surface area contributed by atoms with Crippen LogP contribution in [0.15, 0.2) is 12.3 Å². The molecule has 0 atom stereocenters. The highest BCUT2D eigenvalue weighted by molar-refractivity contribution is 7.12. The Morgan fingerprint density at radius 3 is 3.17 bits per heavy atom. The van der Waals surface area contributed by atoms with Gasteiger partial charge < -0.3 is 5.11 Å². The van der Waals surface area contributed by atoms with Crippen molar-refractivity contribution in [3.05, 3.63) is 17.8 Å². The third-order valence-corrected chi connectivity index (χ3v) is 2.01. The van der Waals surface area contributed by atoms with Crippen LogP contribution in [0.1, 0.15) is 10.4 Å². The molecule has 0 unspecified atom stereocenters. The van der Waals surface area contributed by atoms with Gasteiger partial charge in [-0.1, -0.05) is 4.49 Å². The molecule has 2 rings (SSSR count). The summed E-state index contributed by atoms with van der Waals surface area (Å²) in [4.78, 5) is 15.0. The smallest absolute Gasteiger partial charge is 0.337 e. The number of rotatable bonds is 1. The molecule has 1 N–H and O–H groups in total. The number of hydrogen-bond acceptors (Lipinski definition) is 5. The monoisotopic (exact) mass is 181 g/mol. The van der Waals surface area contributed by atoms with E-state index in [-0.39, 0.29) is 5.56 Å². The van der Waals surface area contributed by atoms with Crippen molar-refractivity contribution in [3.63, 3.8) is 0 Å². The standard InChI is InChI=1S/C6H3N3O2S/c10-6(11)3-1-4-5(7-2-3)12-9-8-4/h1-2H,(H,10,11). The lowest BCUT2D eigenvalue weighted by Crippen LogP contribution is -1.96. The van der Waals surface area contributed by atoms with E-state index in [1.807, 2.05) is 0 Å². The van der Waals surface area contributed by atoms with Crippen LogP contribution in [0.5, 0.6) is 0 Å². The molecule has 0 radical (unpaired) electrons. The van der Waals surface area contributed by atoms with Crippen molar-refractivity contribution >= 4 is 27.8 Å². The molecule has 2 aromatic rings. The summed E-state index contributed by atoms with van der Waals surface area (Å²) in [5, 5.41) is 12.3. The SMILES string of the molecule is O=C(O)c1cnc2snnc2c1. The van der Waals surface area contributed by atoms with Gasteiger partial charge >= 0.3 is 5.97 Å². The third-order valence-electron chi connectivity index (χ3n) is 1.36. The minimum atomic E-state index is -1.00. The highest BCUT2D eigenvalue weighted by Crippen LogP contribution is 2.12. The van der Waals surface area contributed by atoms with Crippen molar-refractivity contribution in [1.29, 1.82) is 0 Å². The van der Waals surface area contributed by atoms with Crippen LogP contribution in [0.25, 0.3) is 10.3 Å². The topological polar surface area (TPSA) is 76.0 Å². The number of carboxylic acids is 1. The summed E-state index contributed by atoms with van der Waals surface area (Å²) in [6.07, 6.45) is 1.30. The van der Waals surface area contributed by atoms with Gasteiger partial charge in [0.05, 0.1) is 5.56 Å². The molecule has 0 aliphatic carbocycles. The molecule has 0 saturated heterocycles. The predicted molar refractivity (Wildman–Crippen MR) is 42.2 cm³/mol. The number of carboxylic acid groups (broad SMARTS) is 1. The lowest BCUT2D eigenvalue weighted by molar-refractivity contribution is 0.0696. The highest BCUT2D eigenvalue weighted by atomic mass is 32.1. The average molecular weight is 181 g/mol. The number of aromatic carboxylic acids is 1. The average Bonchev–Trinajstić information content (AvgIpc) is 2.49. The van der Waals surface area contributed by atoms with E-state index in [0.29, 0.717) is 10.3 Å². The second-order valence-electron chi connectivity index (χ2n) is 2.13. The summed E-state index contributed by atoms with van der Waals surface area (Å²) in [5.41, 5.74) is 0.662. The van der Waals surface area contributed by atoms with Gasteiger partial charge in [-0.25, -0.2) is 9.78 Å². The van der Waals surface area contributed by atoms with Crippen molar-refractivity contribution in [2.75, 3.05) is 0 Å². The molecule has 0 bridgehead atoms. The van der Waals surface area contributed by atoms with E-state index in [1.54, 1.807) is 0 Å². The fraction of sp³-hybridized carbons (Fsp3) is 0. The second-order valence-corrected chi connectivity index (χ2v) is 2.86. The molecule has 0 amide bonds. The quantitative estimate of drug-likeness (QED) is 0.703. The number of hydrogen-bond donors (Lipinski definition) is 1. The minimum Gasteiger partial charge on any atom is -0.478 e. The van der Waals surface area contributed by atoms with E-state index in [4.69, 9.17) is 5.11 Å². The van der Waals surface area contributed by atoms with E-state index < -0.39 is 5.97 Å². The first-order valence-corrected chi connectivity index (χ1v) is 3.86. The van der Waals surface area contributed by atoms with E-state index in [1.165, 1.54) is 12.3 Å². The Hall–Kier alpha value is -1.56. The second kappa shape index (κ2) is 2.49. The summed E-state index contributed by atoms with van der Waals surface area (Å²) >= 11 is 1.14. The zero-order valence-electron chi connectivity index (χ0n) is 5.76. The summed E-state index contributed by atoms with van der Waals surface area (Å²) < 4.78 is 3.64. The maximum atomic E-state index is 10.5. The number of fused-ring (bicyclic) bond motifs is 1. The number of nitrogens with zero attached hydrogens (tertiary/aromatic N) is 3. The van der Waals surface area contributed by atoms with Gasteiger partial charge in [0.1, 0.15) is 5.52 Å². The van der Waals surface area contributed by atoms with Crippen LogP contribution in [0, 0.1) is 0 Å². The van der Waals surface area contributed by atoms with Crippen molar-refractivity contribution in [3.8, 4) is 0 Å². The number of aromatic nitrogens is 3. The van der Waals surface area contributed by atoms with Gasteiger partial charge in [0.25, 0.3) is 0 Å². The largest absolute Gasteiger partial charge is 0.478 e. The van der Waals surface area contributed by atoms with Crippen molar-refractivity contribution in [2.24, 2.45) is 0 Å². The van der Waals surface area contributed by atoms with Gasteiger partial charge in [-0.15, -0.1) is 5.10 Å². The predicted octanol–water partition coefficient (Wildman–Crippen LogP) is 0.784. The fourth-order valence-corrected chi connectivity index (χ4v) is 1.30. The number of pyridine rings is 1. The van der Waals surface area contributed by atoms with E-state index in [0.717, 1.165) is 11.5 Å². The first-order chi connectivity index (χ1) is 5.77. The van der Waals surface area contributed by atoms with Gasteiger partial charge in [0.15, 0.2) is 4.83 Å². The summed E-state index contributed by atoms with van der Waals surface area (Å²) in [6, 6.07) is 1.45. The molecular formula is C6H3N3O2S. The van der Waals surface area contributed by atoms with Crippen LogP contribution in [0.2, 0.25) is 0 Å². The summed E-state index contributed by atoms with van der Waals surface area (Å²) in [6.45, 7) is 0. The van der Waals surface area contributed by atoms with Crippen LogP contribution in [-0.2, 0) is 0 Å². The van der Waals surface area contributed by atoms with Crippen molar-refractivity contribution in [1.82, 2.24) is 14.6 Å². The molecule has 0 spiro atoms. The molecule has 6 heteroatoms. The molecule has 0 aliphatic heterocycles. The van der Waals surface area contributed by atoms with Crippen LogP contribution in [0.4, 0.5) is 0 Å². The third kappa shape index (κ3) is 1.02. The van der Waals surface area contributed by atoms with Gasteiger partial charge in [0.2, 0.25) is 0 Å². The Kier molecular flexibility index (Phi) is 1.47. The summed E-state index contributed by atoms with van der Waals surface area (Å²) in [7, 11) is 0. The molecule has 0 aliphatic rings. The Morgan fingerprint density at radius 2 is 2.42 bits per heavy atom. The minimum absolute atomic E-state index is 0.134. The molecule has 12 heavy (non-hydrogen) atoms. The van der Waals surface area contributed by atoms with Gasteiger partial charge in [-0.3, -0.25) is 0 Å². The molecular weight excluding hydrogens is 178 g/mol. The van der Waals surface area contributed by atoms with E-state index in [2.05, 4.69) is 14.6 Å². The molecule has 2 heterocycles. The fourth-order valence-electron chi connectivity index (χ4n) is 0.803. The first kappa shape index (κ1) is 7.11. The molecule has 2 aromatic heterocycles. The van der Waals surface area contributed by atoms with E-state index >= 15 is 0 Å². The van der Waals surface area contributed by atoms with Crippen LogP contribution >= 0.6 is 11.5 Å². The molecule has 0 aromatic carbocycles. The van der Waals surface area contributed by atoms with Gasteiger partial charge in [-0.05, 0) is 6.07 Å². The normalized spacial score (nSPS) is 10.3. The van der Waals surface area contributed by atoms with Crippen molar-refractivity contribution in [2.45, 2.75) is 0 Å². The van der Waals surface area contributed by atoms with E-state index in [9.17, 15) is 4.79 Å². The molecule has 0 saturated carbocycles. The zero-order valence-corrected chi connectivity index (χ0v) is 6.58. The van der Waals surface area contributed by atoms with Crippen LogP contribution < -0.4 is 0 Å². The van der Waals surface area contributed by atoms with Gasteiger partial charge in [0, 0.05) is 17.7 Å². The van der Waals surface area contributed by atoms with Crippen LogP contribution in [0.3, 0.4) is 0 Å². The Balaban J connectivity index is 2.68. The number of carbonyl (C=O) groups is 1. The summed E-state index contributed by atoms with van der Waals surface area (Å²) in [5.74, 6) is -1.00. The molecule has 0 fully saturated rings. The van der Waals surface area contributed by atoms with Gasteiger partial charge in [-0.2, -0.15) is 0 Å². The van der Waals surface area contributed by atoms with Crippen molar-refractivity contribution < 1.29 is 9.90 Å². The molecule has 60 valence electrons. The first-order valence-electron chi connectivity index (χ1n) is 3.09. The molecule has 5 nitrogen and oxygen atoms in total. The van der Waals surface area contributed by atoms with Crippen LogP contribution in [-0.4, -0.2) is 25.6 Å². The Labute approximate surface area is 70.8 Å². The zero-order chi connectivity index (χ0) is 8.55. The Morgan fingerprint density at radius 1 is 1.58 bits per heavy atom. The highest BCUT2D eigenvalue weighted by Gasteiger charge is 2.06. The lowest BCUT2D eigenvalue weighted by atomic mass is 10.3. The maximum Gasteiger partial charge on any atom is 0.337 e.